The first-order chi connectivity index (χ1) is 14.1. The Balaban J connectivity index is 0.00000256. The first-order valence-electron chi connectivity index (χ1n) is 10.2. The number of nitrogens with one attached hydrogen (secondary N) is 1. The van der Waals surface area contributed by atoms with Gasteiger partial charge in [0, 0.05) is 57.6 Å². The molecule has 2 saturated heterocycles. The molecule has 2 aliphatic heterocycles. The molecule has 1 atom stereocenters. The number of likely N-dealkylation sites (tertiary alicyclic amines) is 1. The summed E-state index contributed by atoms with van der Waals surface area (Å²) < 4.78 is 2.51. The minimum atomic E-state index is -0.451. The lowest BCUT2D eigenvalue weighted by Gasteiger charge is -2.32. The highest BCUT2D eigenvalue weighted by Gasteiger charge is 2.31. The van der Waals surface area contributed by atoms with Crippen molar-refractivity contribution < 1.29 is 4.79 Å². The number of rotatable bonds is 5. The zero-order valence-electron chi connectivity index (χ0n) is 16.9. The second-order valence-corrected chi connectivity index (χ2v) is 7.70. The number of benzene rings is 1. The van der Waals surface area contributed by atoms with Crippen molar-refractivity contribution >= 4 is 18.3 Å². The van der Waals surface area contributed by atoms with E-state index >= 15 is 0 Å². The average Bonchev–Trinajstić information content (AvgIpc) is 3.25. The molecule has 2 aliphatic rings. The van der Waals surface area contributed by atoms with Crippen LogP contribution >= 0.6 is 12.4 Å². The van der Waals surface area contributed by atoms with Gasteiger partial charge in [-0.15, -0.1) is 12.4 Å². The minimum absolute atomic E-state index is 0. The maximum atomic E-state index is 12.8. The van der Waals surface area contributed by atoms with E-state index in [0.29, 0.717) is 25.7 Å². The Hall–Kier alpha value is -2.42. The van der Waals surface area contributed by atoms with Gasteiger partial charge in [0.1, 0.15) is 6.54 Å². The van der Waals surface area contributed by atoms with Crippen LogP contribution in [0.1, 0.15) is 12.0 Å². The Morgan fingerprint density at radius 3 is 2.50 bits per heavy atom. The van der Waals surface area contributed by atoms with Crippen LogP contribution in [-0.4, -0.2) is 70.2 Å². The lowest BCUT2D eigenvalue weighted by Crippen LogP contribution is -2.50. The van der Waals surface area contributed by atoms with Crippen LogP contribution in [0.2, 0.25) is 0 Å². The van der Waals surface area contributed by atoms with Gasteiger partial charge < -0.3 is 10.2 Å². The van der Waals surface area contributed by atoms with E-state index < -0.39 is 11.2 Å². The third-order valence-electron chi connectivity index (χ3n) is 5.81. The van der Waals surface area contributed by atoms with Gasteiger partial charge in [-0.05, 0) is 12.0 Å². The molecule has 0 bridgehead atoms. The zero-order valence-corrected chi connectivity index (χ0v) is 17.7. The van der Waals surface area contributed by atoms with Crippen molar-refractivity contribution in [3.05, 3.63) is 69.0 Å². The summed E-state index contributed by atoms with van der Waals surface area (Å²) in [7, 11) is 0. The lowest BCUT2D eigenvalue weighted by atomic mass is 10.2. The first kappa shape index (κ1) is 22.3. The van der Waals surface area contributed by atoms with Crippen molar-refractivity contribution in [3.63, 3.8) is 0 Å². The third-order valence-corrected chi connectivity index (χ3v) is 5.81. The van der Waals surface area contributed by atoms with E-state index in [1.54, 1.807) is 4.90 Å². The summed E-state index contributed by atoms with van der Waals surface area (Å²) in [5.74, 6) is -0.167. The predicted molar refractivity (Wildman–Crippen MR) is 117 cm³/mol. The summed E-state index contributed by atoms with van der Waals surface area (Å²) in [6, 6.07) is 11.3. The molecule has 2 fully saturated rings. The summed E-state index contributed by atoms with van der Waals surface area (Å²) >= 11 is 0. The number of amides is 1. The number of hydrogen-bond acceptors (Lipinski definition) is 5. The second kappa shape index (κ2) is 10.1. The van der Waals surface area contributed by atoms with Crippen LogP contribution in [0, 0.1) is 0 Å². The molecule has 0 saturated carbocycles. The lowest BCUT2D eigenvalue weighted by molar-refractivity contribution is -0.131. The molecule has 4 rings (SSSR count). The predicted octanol–water partition coefficient (Wildman–Crippen LogP) is -0.0138. The van der Waals surface area contributed by atoms with Gasteiger partial charge in [0.15, 0.2) is 0 Å². The molecule has 0 aliphatic carbocycles. The molecule has 1 aromatic heterocycles. The van der Waals surface area contributed by atoms with E-state index in [1.165, 1.54) is 16.8 Å². The summed E-state index contributed by atoms with van der Waals surface area (Å²) in [5.41, 5.74) is 0.0719. The Morgan fingerprint density at radius 1 is 1.03 bits per heavy atom. The Bertz CT molecular complexity index is 969. The van der Waals surface area contributed by atoms with Crippen molar-refractivity contribution in [1.82, 2.24) is 24.3 Å². The summed E-state index contributed by atoms with van der Waals surface area (Å²) in [6.45, 7) is 5.44. The normalized spacial score (nSPS) is 19.5. The Labute approximate surface area is 181 Å². The topological polar surface area (TPSA) is 79.6 Å². The van der Waals surface area contributed by atoms with Crippen LogP contribution in [0.3, 0.4) is 0 Å². The van der Waals surface area contributed by atoms with Crippen molar-refractivity contribution in [2.24, 2.45) is 0 Å². The largest absolute Gasteiger partial charge is 0.340 e. The van der Waals surface area contributed by atoms with E-state index in [2.05, 4.69) is 10.2 Å². The molecule has 8 nitrogen and oxygen atoms in total. The molecule has 1 aromatic carbocycles. The van der Waals surface area contributed by atoms with Crippen molar-refractivity contribution in [2.45, 2.75) is 25.6 Å². The summed E-state index contributed by atoms with van der Waals surface area (Å²) in [4.78, 5) is 42.1. The maximum Gasteiger partial charge on any atom is 0.331 e. The van der Waals surface area contributed by atoms with Gasteiger partial charge in [0.25, 0.3) is 5.56 Å². The average molecular weight is 434 g/mol. The van der Waals surface area contributed by atoms with E-state index in [4.69, 9.17) is 0 Å². The van der Waals surface area contributed by atoms with Crippen LogP contribution in [0.4, 0.5) is 0 Å². The fourth-order valence-corrected chi connectivity index (χ4v) is 4.15. The SMILES string of the molecule is Cl.O=C(Cn1c(=O)ccn(Cc2ccccc2)c1=O)N1CCC(N2CCNCC2)C1. The number of nitrogens with zero attached hydrogens (tertiary/aromatic N) is 4. The van der Waals surface area contributed by atoms with E-state index in [9.17, 15) is 14.4 Å². The van der Waals surface area contributed by atoms with Crippen molar-refractivity contribution in [1.29, 1.82) is 0 Å². The fourth-order valence-electron chi connectivity index (χ4n) is 4.15. The van der Waals surface area contributed by atoms with Gasteiger partial charge >= 0.3 is 5.69 Å². The molecule has 162 valence electrons. The van der Waals surface area contributed by atoms with Crippen LogP contribution in [-0.2, 0) is 17.9 Å². The summed E-state index contributed by atoms with van der Waals surface area (Å²) in [5, 5.41) is 3.34. The minimum Gasteiger partial charge on any atom is -0.340 e. The maximum absolute atomic E-state index is 12.8. The standard InChI is InChI=1S/C21H27N5O3.ClH/c27-19-7-11-25(14-17-4-2-1-3-5-17)21(29)26(19)16-20(28)24-10-6-18(15-24)23-12-8-22-9-13-23;/h1-5,7,11,18,22H,6,8-10,12-16H2;1H. The van der Waals surface area contributed by atoms with E-state index in [1.807, 2.05) is 30.3 Å². The molecular weight excluding hydrogens is 406 g/mol. The third kappa shape index (κ3) is 5.00. The van der Waals surface area contributed by atoms with Crippen LogP contribution in [0.15, 0.2) is 52.2 Å². The number of carbonyl (C=O) groups is 1. The molecule has 3 heterocycles. The molecule has 0 radical (unpaired) electrons. The number of halogens is 1. The highest BCUT2D eigenvalue weighted by Crippen LogP contribution is 2.16. The Morgan fingerprint density at radius 2 is 1.77 bits per heavy atom. The molecule has 9 heteroatoms. The van der Waals surface area contributed by atoms with E-state index in [-0.39, 0.29) is 24.9 Å². The molecule has 1 N–H and O–H groups in total. The summed E-state index contributed by atoms with van der Waals surface area (Å²) in [6.07, 6.45) is 2.43. The van der Waals surface area contributed by atoms with Crippen molar-refractivity contribution in [2.75, 3.05) is 39.3 Å². The highest BCUT2D eigenvalue weighted by molar-refractivity contribution is 5.85. The van der Waals surface area contributed by atoms with Gasteiger partial charge in [0.05, 0.1) is 6.54 Å². The monoisotopic (exact) mass is 433 g/mol. The van der Waals surface area contributed by atoms with Crippen molar-refractivity contribution in [3.8, 4) is 0 Å². The van der Waals surface area contributed by atoms with Gasteiger partial charge in [-0.2, -0.15) is 0 Å². The first-order valence-corrected chi connectivity index (χ1v) is 10.2. The smallest absolute Gasteiger partial charge is 0.331 e. The van der Waals surface area contributed by atoms with Gasteiger partial charge in [-0.3, -0.25) is 23.6 Å². The Kier molecular flexibility index (Phi) is 7.47. The van der Waals surface area contributed by atoms with Crippen LogP contribution in [0.5, 0.6) is 0 Å². The highest BCUT2D eigenvalue weighted by atomic mass is 35.5. The molecule has 2 aromatic rings. The molecule has 1 amide bonds. The fraction of sp³-hybridized carbons (Fsp3) is 0.476. The zero-order chi connectivity index (χ0) is 20.2. The molecule has 0 spiro atoms. The second-order valence-electron chi connectivity index (χ2n) is 7.70. The van der Waals surface area contributed by atoms with Gasteiger partial charge in [0.2, 0.25) is 5.91 Å². The molecule has 30 heavy (non-hydrogen) atoms. The molecular formula is C21H28ClN5O3. The number of piperazine rings is 1. The number of carbonyl (C=O) groups excluding carboxylic acids is 1. The quantitative estimate of drug-likeness (QED) is 0.717. The van der Waals surface area contributed by atoms with Crippen LogP contribution < -0.4 is 16.6 Å². The van der Waals surface area contributed by atoms with Crippen LogP contribution in [0.25, 0.3) is 0 Å². The van der Waals surface area contributed by atoms with Gasteiger partial charge in [-0.1, -0.05) is 30.3 Å². The number of hydrogen-bond donors (Lipinski definition) is 1. The number of aromatic nitrogens is 2. The van der Waals surface area contributed by atoms with E-state index in [0.717, 1.165) is 42.7 Å². The van der Waals surface area contributed by atoms with Gasteiger partial charge in [-0.25, -0.2) is 4.79 Å². The molecule has 1 unspecified atom stereocenters.